The zero-order valence-electron chi connectivity index (χ0n) is 15.2. The highest BCUT2D eigenvalue weighted by Gasteiger charge is 2.24. The molecule has 1 heterocycles. The Balaban J connectivity index is 1.69. The zero-order valence-corrected chi connectivity index (χ0v) is 15.2. The van der Waals surface area contributed by atoms with Gasteiger partial charge in [-0.15, -0.1) is 0 Å². The van der Waals surface area contributed by atoms with Crippen LogP contribution in [0.3, 0.4) is 0 Å². The molecule has 0 saturated carbocycles. The number of nitrogens with zero attached hydrogens (tertiary/aromatic N) is 1. The molecule has 2 N–H and O–H groups in total. The molecular weight excluding hydrogens is 363 g/mol. The van der Waals surface area contributed by atoms with Crippen molar-refractivity contribution in [2.45, 2.75) is 19.3 Å². The molecule has 1 aliphatic heterocycles. The molecule has 7 heteroatoms. The van der Waals surface area contributed by atoms with Crippen molar-refractivity contribution >= 4 is 23.5 Å². The summed E-state index contributed by atoms with van der Waals surface area (Å²) >= 11 is 0. The molecule has 0 aromatic heterocycles. The number of carbonyl (C=O) groups is 3. The van der Waals surface area contributed by atoms with Crippen molar-refractivity contribution in [3.8, 4) is 0 Å². The summed E-state index contributed by atoms with van der Waals surface area (Å²) in [6.07, 6.45) is 1.40. The summed E-state index contributed by atoms with van der Waals surface area (Å²) in [6, 6.07) is 13.0. The van der Waals surface area contributed by atoms with Gasteiger partial charge in [0.25, 0.3) is 5.91 Å². The number of nitrogens with one attached hydrogen (secondary N) is 1. The molecule has 0 spiro atoms. The number of benzene rings is 2. The maximum absolute atomic E-state index is 14.2. The van der Waals surface area contributed by atoms with Gasteiger partial charge in [-0.1, -0.05) is 30.3 Å². The van der Waals surface area contributed by atoms with Gasteiger partial charge < -0.3 is 15.3 Å². The van der Waals surface area contributed by atoms with Gasteiger partial charge in [0, 0.05) is 25.2 Å². The number of rotatable bonds is 7. The number of halogens is 1. The average molecular weight is 384 g/mol. The fraction of sp³-hybridized carbons (Fsp3) is 0.286. The van der Waals surface area contributed by atoms with E-state index in [1.165, 1.54) is 17.0 Å². The van der Waals surface area contributed by atoms with E-state index in [2.05, 4.69) is 5.32 Å². The lowest BCUT2D eigenvalue weighted by atomic mass is 9.99. The highest BCUT2D eigenvalue weighted by atomic mass is 19.1. The third-order valence-electron chi connectivity index (χ3n) is 4.76. The number of amides is 2. The van der Waals surface area contributed by atoms with Crippen LogP contribution < -0.4 is 10.2 Å². The second-order valence-electron chi connectivity index (χ2n) is 6.75. The van der Waals surface area contributed by atoms with Gasteiger partial charge in [0.1, 0.15) is 5.82 Å². The van der Waals surface area contributed by atoms with Crippen LogP contribution in [0.2, 0.25) is 0 Å². The minimum atomic E-state index is -1.04. The van der Waals surface area contributed by atoms with Crippen LogP contribution in [0.4, 0.5) is 10.1 Å². The third-order valence-corrected chi connectivity index (χ3v) is 4.76. The van der Waals surface area contributed by atoms with Crippen molar-refractivity contribution in [2.24, 2.45) is 5.92 Å². The van der Waals surface area contributed by atoms with Crippen LogP contribution in [0.5, 0.6) is 0 Å². The fourth-order valence-electron chi connectivity index (χ4n) is 3.23. The molecule has 3 rings (SSSR count). The fourth-order valence-corrected chi connectivity index (χ4v) is 3.23. The van der Waals surface area contributed by atoms with Gasteiger partial charge in [0.05, 0.1) is 11.5 Å². The number of carboxylic acid groups (broad SMARTS) is 1. The second-order valence-corrected chi connectivity index (χ2v) is 6.75. The lowest BCUT2D eigenvalue weighted by Crippen LogP contribution is -2.34. The van der Waals surface area contributed by atoms with Crippen molar-refractivity contribution in [3.63, 3.8) is 0 Å². The van der Waals surface area contributed by atoms with Crippen molar-refractivity contribution < 1.29 is 23.9 Å². The van der Waals surface area contributed by atoms with Gasteiger partial charge in [-0.2, -0.15) is 0 Å². The number of hydrogen-bond donors (Lipinski definition) is 2. The molecular formula is C21H21FN2O4. The highest BCUT2D eigenvalue weighted by Crippen LogP contribution is 2.24. The van der Waals surface area contributed by atoms with Crippen LogP contribution in [0.25, 0.3) is 0 Å². The molecule has 1 atom stereocenters. The van der Waals surface area contributed by atoms with Crippen LogP contribution in [-0.2, 0) is 16.0 Å². The minimum absolute atomic E-state index is 0.0632. The van der Waals surface area contributed by atoms with Crippen molar-refractivity contribution in [1.82, 2.24) is 5.32 Å². The Morgan fingerprint density at radius 1 is 1.18 bits per heavy atom. The Bertz CT molecular complexity index is 885. The first-order valence-electron chi connectivity index (χ1n) is 9.10. The molecule has 0 aliphatic carbocycles. The zero-order chi connectivity index (χ0) is 20.1. The van der Waals surface area contributed by atoms with Crippen LogP contribution in [0.15, 0.2) is 48.5 Å². The second kappa shape index (κ2) is 8.65. The van der Waals surface area contributed by atoms with Gasteiger partial charge in [-0.3, -0.25) is 14.4 Å². The lowest BCUT2D eigenvalue weighted by molar-refractivity contribution is -0.141. The molecule has 6 nitrogen and oxygen atoms in total. The summed E-state index contributed by atoms with van der Waals surface area (Å²) in [5.41, 5.74) is 1.10. The predicted molar refractivity (Wildman–Crippen MR) is 102 cm³/mol. The Morgan fingerprint density at radius 3 is 2.57 bits per heavy atom. The average Bonchev–Trinajstić information content (AvgIpc) is 3.11. The van der Waals surface area contributed by atoms with E-state index in [4.69, 9.17) is 0 Å². The van der Waals surface area contributed by atoms with E-state index in [1.807, 2.05) is 30.3 Å². The van der Waals surface area contributed by atoms with Crippen LogP contribution in [0.1, 0.15) is 28.8 Å². The molecule has 2 amide bonds. The van der Waals surface area contributed by atoms with E-state index in [1.54, 1.807) is 0 Å². The molecule has 0 radical (unpaired) electrons. The molecule has 0 unspecified atom stereocenters. The number of carbonyl (C=O) groups excluding carboxylic acids is 2. The third kappa shape index (κ3) is 4.54. The van der Waals surface area contributed by atoms with Gasteiger partial charge in [0.2, 0.25) is 5.91 Å². The molecule has 146 valence electrons. The quantitative estimate of drug-likeness (QED) is 0.768. The van der Waals surface area contributed by atoms with Crippen LogP contribution in [-0.4, -0.2) is 36.0 Å². The molecule has 28 heavy (non-hydrogen) atoms. The standard InChI is InChI=1S/C21H21FN2O4/c22-18-9-8-16(24-10-4-7-19(24)25)12-17(18)20(26)23-13-15(21(27)28)11-14-5-2-1-3-6-14/h1-3,5-6,8-9,12,15H,4,7,10-11,13H2,(H,23,26)(H,27,28)/t15-/m0/s1. The Kier molecular flexibility index (Phi) is 6.03. The number of hydrogen-bond acceptors (Lipinski definition) is 3. The molecule has 0 bridgehead atoms. The highest BCUT2D eigenvalue weighted by molar-refractivity contribution is 5.99. The van der Waals surface area contributed by atoms with Gasteiger partial charge >= 0.3 is 5.97 Å². The Hall–Kier alpha value is -3.22. The van der Waals surface area contributed by atoms with E-state index >= 15 is 0 Å². The predicted octanol–water partition coefficient (Wildman–Crippen LogP) is 2.63. The van der Waals surface area contributed by atoms with Gasteiger partial charge in [-0.25, -0.2) is 4.39 Å². The van der Waals surface area contributed by atoms with E-state index < -0.39 is 23.6 Å². The SMILES string of the molecule is O=C(NC[C@H](Cc1ccccc1)C(=O)O)c1cc(N2CCCC2=O)ccc1F. The number of carboxylic acids is 1. The molecule has 1 saturated heterocycles. The van der Waals surface area contributed by atoms with Crippen molar-refractivity contribution in [3.05, 3.63) is 65.5 Å². The van der Waals surface area contributed by atoms with Gasteiger partial charge in [0.15, 0.2) is 0 Å². The maximum Gasteiger partial charge on any atom is 0.308 e. The van der Waals surface area contributed by atoms with Gasteiger partial charge in [-0.05, 0) is 36.6 Å². The summed E-state index contributed by atoms with van der Waals surface area (Å²) in [6.45, 7) is 0.402. The summed E-state index contributed by atoms with van der Waals surface area (Å²) < 4.78 is 14.2. The van der Waals surface area contributed by atoms with Crippen molar-refractivity contribution in [2.75, 3.05) is 18.0 Å². The first-order chi connectivity index (χ1) is 13.5. The first-order valence-corrected chi connectivity index (χ1v) is 9.10. The molecule has 1 aliphatic rings. The van der Waals surface area contributed by atoms with Crippen molar-refractivity contribution in [1.29, 1.82) is 0 Å². The number of aliphatic carboxylic acids is 1. The normalized spacial score (nSPS) is 14.8. The molecule has 2 aromatic rings. The van der Waals surface area contributed by atoms with E-state index in [-0.39, 0.29) is 24.4 Å². The molecule has 1 fully saturated rings. The number of anilines is 1. The summed E-state index contributed by atoms with van der Waals surface area (Å²) in [5, 5.41) is 11.9. The van der Waals surface area contributed by atoms with E-state index in [0.29, 0.717) is 18.7 Å². The Labute approximate surface area is 162 Å². The van der Waals surface area contributed by atoms with Crippen LogP contribution >= 0.6 is 0 Å². The minimum Gasteiger partial charge on any atom is -0.481 e. The first kappa shape index (κ1) is 19.5. The summed E-state index contributed by atoms with van der Waals surface area (Å²) in [7, 11) is 0. The topological polar surface area (TPSA) is 86.7 Å². The summed E-state index contributed by atoms with van der Waals surface area (Å²) in [4.78, 5) is 37.4. The molecule has 2 aromatic carbocycles. The van der Waals surface area contributed by atoms with Crippen LogP contribution in [0, 0.1) is 11.7 Å². The lowest BCUT2D eigenvalue weighted by Gasteiger charge is -2.17. The maximum atomic E-state index is 14.2. The monoisotopic (exact) mass is 384 g/mol. The van der Waals surface area contributed by atoms with E-state index in [0.717, 1.165) is 18.1 Å². The summed E-state index contributed by atoms with van der Waals surface area (Å²) in [5.74, 6) is -3.36. The smallest absolute Gasteiger partial charge is 0.308 e. The largest absolute Gasteiger partial charge is 0.481 e. The van der Waals surface area contributed by atoms with E-state index in [9.17, 15) is 23.9 Å². The Morgan fingerprint density at radius 2 is 1.93 bits per heavy atom.